The van der Waals surface area contributed by atoms with Gasteiger partial charge in [0, 0.05) is 22.2 Å². The second-order valence-electron chi connectivity index (χ2n) is 10.5. The molecule has 31 heavy (non-hydrogen) atoms. The van der Waals surface area contributed by atoms with Crippen molar-refractivity contribution in [1.29, 1.82) is 0 Å². The minimum absolute atomic E-state index is 0.264. The van der Waals surface area contributed by atoms with Crippen molar-refractivity contribution in [3.05, 3.63) is 71.4 Å². The van der Waals surface area contributed by atoms with E-state index in [-0.39, 0.29) is 5.41 Å². The predicted molar refractivity (Wildman–Crippen MR) is 132 cm³/mol. The van der Waals surface area contributed by atoms with Crippen LogP contribution in [0.25, 0.3) is 49.0 Å². The Morgan fingerprint density at radius 1 is 0.806 bits per heavy atom. The SMILES string of the molecule is Cc1cc(C)c2c3c1cccc3n1c3cc(CC(C)(C)C)ccc3c3cc[n+](C)c2c31. The number of hydrogen-bond donors (Lipinski definition) is 0. The quantitative estimate of drug-likeness (QED) is 0.158. The zero-order valence-electron chi connectivity index (χ0n) is 19.3. The van der Waals surface area contributed by atoms with Gasteiger partial charge in [0.2, 0.25) is 5.52 Å². The maximum atomic E-state index is 2.53. The lowest BCUT2D eigenvalue weighted by molar-refractivity contribution is -0.644. The molecule has 0 unspecified atom stereocenters. The van der Waals surface area contributed by atoms with E-state index < -0.39 is 0 Å². The third-order valence-corrected chi connectivity index (χ3v) is 6.87. The molecule has 0 amide bonds. The average molecular weight is 406 g/mol. The van der Waals surface area contributed by atoms with Gasteiger partial charge in [0.15, 0.2) is 6.20 Å². The first kappa shape index (κ1) is 18.6. The highest BCUT2D eigenvalue weighted by Crippen LogP contribution is 2.41. The van der Waals surface area contributed by atoms with E-state index in [1.54, 1.807) is 0 Å². The van der Waals surface area contributed by atoms with Crippen LogP contribution in [0.2, 0.25) is 0 Å². The summed E-state index contributed by atoms with van der Waals surface area (Å²) in [5.74, 6) is 0. The third-order valence-electron chi connectivity index (χ3n) is 6.87. The number of pyridine rings is 2. The van der Waals surface area contributed by atoms with Gasteiger partial charge in [0.05, 0.1) is 16.4 Å². The summed E-state index contributed by atoms with van der Waals surface area (Å²) >= 11 is 0. The Labute approximate surface area is 183 Å². The van der Waals surface area contributed by atoms with Crippen LogP contribution in [-0.2, 0) is 13.5 Å². The molecule has 0 atom stereocenters. The monoisotopic (exact) mass is 405 g/mol. The lowest BCUT2D eigenvalue weighted by Crippen LogP contribution is -2.29. The van der Waals surface area contributed by atoms with E-state index in [0.717, 1.165) is 6.42 Å². The molecule has 154 valence electrons. The highest BCUT2D eigenvalue weighted by atomic mass is 15.0. The van der Waals surface area contributed by atoms with Gasteiger partial charge < -0.3 is 4.40 Å². The summed E-state index contributed by atoms with van der Waals surface area (Å²) in [6, 6.07) is 18.5. The van der Waals surface area contributed by atoms with Crippen LogP contribution in [0.5, 0.6) is 0 Å². The summed E-state index contributed by atoms with van der Waals surface area (Å²) in [4.78, 5) is 0. The van der Waals surface area contributed by atoms with Crippen molar-refractivity contribution in [2.45, 2.75) is 41.0 Å². The Morgan fingerprint density at radius 3 is 2.39 bits per heavy atom. The summed E-state index contributed by atoms with van der Waals surface area (Å²) in [5.41, 5.74) is 9.66. The Balaban J connectivity index is 1.94. The van der Waals surface area contributed by atoms with Gasteiger partial charge >= 0.3 is 0 Å². The molecule has 2 heteroatoms. The fourth-order valence-electron chi connectivity index (χ4n) is 5.75. The summed E-state index contributed by atoms with van der Waals surface area (Å²) in [7, 11) is 2.18. The van der Waals surface area contributed by atoms with Gasteiger partial charge in [-0.2, -0.15) is 4.57 Å². The second kappa shape index (κ2) is 5.97. The van der Waals surface area contributed by atoms with Crippen LogP contribution in [0.3, 0.4) is 0 Å². The van der Waals surface area contributed by atoms with Crippen molar-refractivity contribution in [3.8, 4) is 0 Å². The molecule has 6 rings (SSSR count). The maximum Gasteiger partial charge on any atom is 0.238 e. The molecule has 0 bridgehead atoms. The molecular weight excluding hydrogens is 376 g/mol. The summed E-state index contributed by atoms with van der Waals surface area (Å²) < 4.78 is 4.83. The molecule has 3 heterocycles. The van der Waals surface area contributed by atoms with E-state index in [1.165, 1.54) is 65.7 Å². The van der Waals surface area contributed by atoms with Gasteiger partial charge in [-0.3, -0.25) is 0 Å². The van der Waals surface area contributed by atoms with Gasteiger partial charge in [0.25, 0.3) is 0 Å². The molecule has 6 aromatic rings. The molecule has 3 aromatic carbocycles. The zero-order chi connectivity index (χ0) is 21.7. The number of benzene rings is 3. The van der Waals surface area contributed by atoms with Crippen molar-refractivity contribution >= 4 is 49.0 Å². The molecule has 0 radical (unpaired) electrons. The van der Waals surface area contributed by atoms with Crippen LogP contribution in [0.15, 0.2) is 54.7 Å². The Morgan fingerprint density at radius 2 is 1.61 bits per heavy atom. The number of aryl methyl sites for hydroxylation is 3. The average Bonchev–Trinajstić information content (AvgIpc) is 3.02. The van der Waals surface area contributed by atoms with Crippen molar-refractivity contribution in [2.24, 2.45) is 12.5 Å². The molecule has 3 aromatic heterocycles. The summed E-state index contributed by atoms with van der Waals surface area (Å²) in [5, 5.41) is 6.80. The van der Waals surface area contributed by atoms with E-state index >= 15 is 0 Å². The molecule has 2 nitrogen and oxygen atoms in total. The van der Waals surface area contributed by atoms with E-state index in [9.17, 15) is 0 Å². The van der Waals surface area contributed by atoms with E-state index in [4.69, 9.17) is 0 Å². The van der Waals surface area contributed by atoms with E-state index in [2.05, 4.69) is 105 Å². The van der Waals surface area contributed by atoms with Crippen molar-refractivity contribution in [3.63, 3.8) is 0 Å². The number of nitrogens with zero attached hydrogens (tertiary/aromatic N) is 2. The summed E-state index contributed by atoms with van der Waals surface area (Å²) in [6.45, 7) is 11.4. The molecule has 0 saturated heterocycles. The first-order valence-corrected chi connectivity index (χ1v) is 11.2. The molecule has 0 fully saturated rings. The van der Waals surface area contributed by atoms with Crippen molar-refractivity contribution in [1.82, 2.24) is 4.40 Å². The number of fused-ring (bicyclic) bond motifs is 5. The normalized spacial score (nSPS) is 13.0. The number of aromatic nitrogens is 2. The largest absolute Gasteiger partial charge is 0.303 e. The van der Waals surface area contributed by atoms with Crippen LogP contribution in [0.4, 0.5) is 0 Å². The summed E-state index contributed by atoms with van der Waals surface area (Å²) in [6.07, 6.45) is 3.30. The van der Waals surface area contributed by atoms with Gasteiger partial charge in [-0.05, 0) is 59.9 Å². The van der Waals surface area contributed by atoms with Gasteiger partial charge in [-0.15, -0.1) is 0 Å². The first-order chi connectivity index (χ1) is 14.7. The molecule has 0 aliphatic rings. The van der Waals surface area contributed by atoms with Crippen LogP contribution < -0.4 is 4.57 Å². The van der Waals surface area contributed by atoms with Crippen LogP contribution in [0.1, 0.15) is 37.5 Å². The van der Waals surface area contributed by atoms with E-state index in [0.29, 0.717) is 0 Å². The van der Waals surface area contributed by atoms with Crippen LogP contribution in [0, 0.1) is 19.3 Å². The minimum atomic E-state index is 0.264. The molecular formula is C29H29N2+. The first-order valence-electron chi connectivity index (χ1n) is 11.2. The third kappa shape index (κ3) is 2.48. The smallest absolute Gasteiger partial charge is 0.238 e. The minimum Gasteiger partial charge on any atom is -0.303 e. The fraction of sp³-hybridized carbons (Fsp3) is 0.276. The highest BCUT2D eigenvalue weighted by molar-refractivity contribution is 6.26. The Kier molecular flexibility index (Phi) is 3.59. The fourth-order valence-corrected chi connectivity index (χ4v) is 5.75. The van der Waals surface area contributed by atoms with Gasteiger partial charge in [0.1, 0.15) is 12.6 Å². The van der Waals surface area contributed by atoms with E-state index in [1.807, 2.05) is 0 Å². The molecule has 0 aliphatic heterocycles. The number of rotatable bonds is 1. The lowest BCUT2D eigenvalue weighted by atomic mass is 9.88. The predicted octanol–water partition coefficient (Wildman–Crippen LogP) is 7.02. The zero-order valence-corrected chi connectivity index (χ0v) is 19.3. The topological polar surface area (TPSA) is 8.29 Å². The Bertz CT molecular complexity index is 1660. The van der Waals surface area contributed by atoms with Crippen LogP contribution >= 0.6 is 0 Å². The molecule has 0 aliphatic carbocycles. The van der Waals surface area contributed by atoms with Crippen molar-refractivity contribution < 1.29 is 4.57 Å². The lowest BCUT2D eigenvalue weighted by Gasteiger charge is -2.18. The van der Waals surface area contributed by atoms with Crippen LogP contribution in [-0.4, -0.2) is 4.40 Å². The second-order valence-corrected chi connectivity index (χ2v) is 10.5. The molecule has 0 saturated carbocycles. The molecule has 0 N–H and O–H groups in total. The number of hydrogen-bond acceptors (Lipinski definition) is 0. The van der Waals surface area contributed by atoms with Gasteiger partial charge in [-0.1, -0.05) is 51.1 Å². The molecule has 0 spiro atoms. The Hall–Kier alpha value is -3.13. The van der Waals surface area contributed by atoms with Crippen molar-refractivity contribution in [2.75, 3.05) is 0 Å². The standard InChI is InChI=1S/C29H29N2/c1-17-14-18(2)25-26-20(17)8-7-9-23(26)31-24-15-19(16-29(3,4)5)10-11-21(24)22-12-13-30(6)28(25)27(22)31/h7-15H,16H2,1-6H3/q+1. The highest BCUT2D eigenvalue weighted by Gasteiger charge is 2.25. The van der Waals surface area contributed by atoms with Gasteiger partial charge in [-0.25, -0.2) is 0 Å². The maximum absolute atomic E-state index is 2.53.